The zero-order valence-corrected chi connectivity index (χ0v) is 15.7. The van der Waals surface area contributed by atoms with Crippen molar-refractivity contribution in [1.82, 2.24) is 0 Å². The number of esters is 1. The zero-order chi connectivity index (χ0) is 16.6. The van der Waals surface area contributed by atoms with E-state index in [2.05, 4.69) is 52.5 Å². The maximum absolute atomic E-state index is 13.3. The van der Waals surface area contributed by atoms with Crippen molar-refractivity contribution in [2.24, 2.45) is 0 Å². The molecule has 1 rings (SSSR count). The molecular weight excluding hydrogens is 510 g/mol. The van der Waals surface area contributed by atoms with E-state index in [-0.39, 0.29) is 10.0 Å². The molecule has 0 fully saturated rings. The van der Waals surface area contributed by atoms with E-state index in [9.17, 15) is 22.0 Å². The highest BCUT2D eigenvalue weighted by molar-refractivity contribution is 9.13. The summed E-state index contributed by atoms with van der Waals surface area (Å²) in [4.78, 5) is 11.9. The first-order valence-corrected chi connectivity index (χ1v) is 8.90. The average Bonchev–Trinajstić information content (AvgIpc) is 2.31. The number of carbonyl (C=O) groups excluding carboxylic acids is 1. The smallest absolute Gasteiger partial charge is 0.405 e. The maximum Gasteiger partial charge on any atom is 0.405 e. The number of benzene rings is 1. The van der Waals surface area contributed by atoms with E-state index in [1.54, 1.807) is 6.07 Å². The highest BCUT2D eigenvalue weighted by atomic mass is 79.9. The highest BCUT2D eigenvalue weighted by Crippen LogP contribution is 2.33. The van der Waals surface area contributed by atoms with Gasteiger partial charge in [0, 0.05) is 13.4 Å². The standard InChI is InChI=1S/C10H7Br3F2O5S/c1-4(10(14,15)21(17,18)19)20-9(16)6-2-5(11)3-7(12)8(6)13/h2-4H,1H3,(H,17,18,19). The summed E-state index contributed by atoms with van der Waals surface area (Å²) in [6.45, 7) is 0.659. The monoisotopic (exact) mass is 514 g/mol. The number of ether oxygens (including phenoxy) is 1. The molecule has 0 radical (unpaired) electrons. The SMILES string of the molecule is CC(OC(=O)c1cc(Br)cc(Br)c1Br)C(F)(F)S(=O)(=O)O. The molecule has 0 spiro atoms. The minimum absolute atomic E-state index is 0.103. The molecule has 1 aromatic rings. The molecule has 0 heterocycles. The summed E-state index contributed by atoms with van der Waals surface area (Å²) in [7, 11) is -5.70. The molecule has 0 saturated carbocycles. The molecule has 0 aliphatic heterocycles. The van der Waals surface area contributed by atoms with Crippen LogP contribution in [0.2, 0.25) is 0 Å². The molecule has 0 amide bonds. The van der Waals surface area contributed by atoms with Gasteiger partial charge < -0.3 is 4.74 Å². The zero-order valence-electron chi connectivity index (χ0n) is 10.1. The maximum atomic E-state index is 13.3. The number of carbonyl (C=O) groups is 1. The van der Waals surface area contributed by atoms with Gasteiger partial charge in [0.1, 0.15) is 0 Å². The molecule has 1 unspecified atom stereocenters. The van der Waals surface area contributed by atoms with Gasteiger partial charge in [-0.2, -0.15) is 17.2 Å². The lowest BCUT2D eigenvalue weighted by atomic mass is 10.2. The molecule has 1 atom stereocenters. The van der Waals surface area contributed by atoms with E-state index < -0.39 is 27.4 Å². The van der Waals surface area contributed by atoms with Gasteiger partial charge in [0.25, 0.3) is 0 Å². The fourth-order valence-corrected chi connectivity index (χ4v) is 3.29. The molecule has 118 valence electrons. The first kappa shape index (κ1) is 18.9. The predicted octanol–water partition coefficient (Wildman–Crippen LogP) is 4.00. The normalized spacial score (nSPS) is 13.9. The second kappa shape index (κ2) is 6.57. The van der Waals surface area contributed by atoms with Crippen LogP contribution in [0, 0.1) is 0 Å². The number of hydrogen-bond donors (Lipinski definition) is 1. The van der Waals surface area contributed by atoms with Crippen molar-refractivity contribution in [2.45, 2.75) is 18.3 Å². The summed E-state index contributed by atoms with van der Waals surface area (Å²) in [6.07, 6.45) is -2.37. The number of rotatable bonds is 4. The molecule has 21 heavy (non-hydrogen) atoms. The Bertz CT molecular complexity index is 678. The number of hydrogen-bond acceptors (Lipinski definition) is 4. The predicted molar refractivity (Wildman–Crippen MR) is 80.9 cm³/mol. The van der Waals surface area contributed by atoms with Gasteiger partial charge in [0.15, 0.2) is 6.10 Å². The van der Waals surface area contributed by atoms with Crippen LogP contribution in [0.15, 0.2) is 25.6 Å². The third kappa shape index (κ3) is 4.21. The van der Waals surface area contributed by atoms with E-state index in [0.29, 0.717) is 15.9 Å². The average molecular weight is 517 g/mol. The Labute approximate surface area is 144 Å². The molecule has 0 aliphatic carbocycles. The number of alkyl halides is 2. The van der Waals surface area contributed by atoms with E-state index in [1.807, 2.05) is 0 Å². The molecule has 11 heteroatoms. The van der Waals surface area contributed by atoms with Crippen LogP contribution in [0.25, 0.3) is 0 Å². The van der Waals surface area contributed by atoms with Crippen LogP contribution in [0.5, 0.6) is 0 Å². The van der Waals surface area contributed by atoms with Crippen LogP contribution in [0.3, 0.4) is 0 Å². The van der Waals surface area contributed by atoms with E-state index in [4.69, 9.17) is 4.55 Å². The first-order valence-electron chi connectivity index (χ1n) is 5.08. The van der Waals surface area contributed by atoms with Gasteiger partial charge in [0.2, 0.25) is 0 Å². The van der Waals surface area contributed by atoms with Crippen LogP contribution in [0.4, 0.5) is 8.78 Å². The molecule has 0 saturated heterocycles. The van der Waals surface area contributed by atoms with E-state index in [1.165, 1.54) is 6.07 Å². The van der Waals surface area contributed by atoms with Crippen LogP contribution in [-0.4, -0.2) is 30.3 Å². The van der Waals surface area contributed by atoms with Crippen LogP contribution >= 0.6 is 47.8 Å². The highest BCUT2D eigenvalue weighted by Gasteiger charge is 2.52. The topological polar surface area (TPSA) is 80.7 Å². The Kier molecular flexibility index (Phi) is 5.93. The van der Waals surface area contributed by atoms with E-state index in [0.717, 1.165) is 0 Å². The van der Waals surface area contributed by atoms with Crippen molar-refractivity contribution < 1.29 is 31.3 Å². The van der Waals surface area contributed by atoms with E-state index >= 15 is 0 Å². The molecule has 0 aromatic heterocycles. The van der Waals surface area contributed by atoms with Crippen molar-refractivity contribution >= 4 is 63.9 Å². The summed E-state index contributed by atoms with van der Waals surface area (Å²) in [5, 5.41) is -4.61. The van der Waals surface area contributed by atoms with Gasteiger partial charge in [-0.05, 0) is 50.9 Å². The van der Waals surface area contributed by atoms with Gasteiger partial charge in [-0.25, -0.2) is 4.79 Å². The molecule has 5 nitrogen and oxygen atoms in total. The molecular formula is C10H7Br3F2O5S. The van der Waals surface area contributed by atoms with Crippen molar-refractivity contribution in [3.05, 3.63) is 31.1 Å². The lowest BCUT2D eigenvalue weighted by molar-refractivity contribution is -0.0550. The molecule has 0 aliphatic rings. The Hall–Kier alpha value is -0.100. The van der Waals surface area contributed by atoms with Gasteiger partial charge in [-0.3, -0.25) is 4.55 Å². The van der Waals surface area contributed by atoms with Gasteiger partial charge in [0.05, 0.1) is 5.56 Å². The Balaban J connectivity index is 3.08. The quantitative estimate of drug-likeness (QED) is 0.372. The minimum Gasteiger partial charge on any atom is -0.451 e. The molecule has 0 bridgehead atoms. The summed E-state index contributed by atoms with van der Waals surface area (Å²) < 4.78 is 61.8. The minimum atomic E-state index is -5.70. The second-order valence-electron chi connectivity index (χ2n) is 3.83. The number of halogens is 5. The lowest BCUT2D eigenvalue weighted by Crippen LogP contribution is -2.42. The second-order valence-corrected chi connectivity index (χ2v) is 7.89. The Morgan fingerprint density at radius 3 is 2.33 bits per heavy atom. The van der Waals surface area contributed by atoms with Crippen molar-refractivity contribution in [3.8, 4) is 0 Å². The van der Waals surface area contributed by atoms with Gasteiger partial charge in [-0.1, -0.05) is 15.9 Å². The molecule has 1 N–H and O–H groups in total. The van der Waals surface area contributed by atoms with Crippen LogP contribution in [-0.2, 0) is 14.9 Å². The third-order valence-corrected chi connectivity index (χ3v) is 5.80. The fourth-order valence-electron chi connectivity index (χ4n) is 1.21. The lowest BCUT2D eigenvalue weighted by Gasteiger charge is -2.21. The molecule has 1 aromatic carbocycles. The Morgan fingerprint density at radius 1 is 1.33 bits per heavy atom. The summed E-state index contributed by atoms with van der Waals surface area (Å²) in [5.74, 6) is -1.18. The van der Waals surface area contributed by atoms with Crippen LogP contribution < -0.4 is 0 Å². The third-order valence-electron chi connectivity index (χ3n) is 2.31. The van der Waals surface area contributed by atoms with Gasteiger partial charge >= 0.3 is 21.3 Å². The van der Waals surface area contributed by atoms with Crippen LogP contribution in [0.1, 0.15) is 17.3 Å². The fraction of sp³-hybridized carbons (Fsp3) is 0.300. The first-order chi connectivity index (χ1) is 9.37. The largest absolute Gasteiger partial charge is 0.451 e. The Morgan fingerprint density at radius 2 is 1.86 bits per heavy atom. The summed E-state index contributed by atoms with van der Waals surface area (Å²) >= 11 is 9.32. The van der Waals surface area contributed by atoms with Crippen molar-refractivity contribution in [1.29, 1.82) is 0 Å². The van der Waals surface area contributed by atoms with Crippen molar-refractivity contribution in [2.75, 3.05) is 0 Å². The summed E-state index contributed by atoms with van der Waals surface area (Å²) in [6, 6.07) is 2.90. The van der Waals surface area contributed by atoms with Gasteiger partial charge in [-0.15, -0.1) is 0 Å². The summed E-state index contributed by atoms with van der Waals surface area (Å²) in [5.41, 5.74) is -0.103. The van der Waals surface area contributed by atoms with Crippen molar-refractivity contribution in [3.63, 3.8) is 0 Å².